The van der Waals surface area contributed by atoms with Gasteiger partial charge in [0.15, 0.2) is 0 Å². The minimum absolute atomic E-state index is 0.117. The highest BCUT2D eigenvalue weighted by molar-refractivity contribution is 7.85. The Labute approximate surface area is 246 Å². The van der Waals surface area contributed by atoms with Crippen LogP contribution in [0.4, 0.5) is 11.4 Å². The van der Waals surface area contributed by atoms with E-state index in [1.165, 1.54) is 0 Å². The van der Waals surface area contributed by atoms with Crippen molar-refractivity contribution < 1.29 is 18.5 Å². The largest absolute Gasteiger partial charge is 0.497 e. The molecule has 41 heavy (non-hydrogen) atoms. The van der Waals surface area contributed by atoms with E-state index in [9.17, 15) is 13.8 Å². The Kier molecular flexibility index (Phi) is 7.51. The van der Waals surface area contributed by atoms with Crippen molar-refractivity contribution in [3.8, 4) is 5.75 Å². The zero-order valence-corrected chi connectivity index (χ0v) is 24.0. The molecule has 4 aromatic rings. The quantitative estimate of drug-likeness (QED) is 0.303. The fourth-order valence-corrected chi connectivity index (χ4v) is 6.74. The summed E-state index contributed by atoms with van der Waals surface area (Å²) in [6, 6.07) is 27.3. The lowest BCUT2D eigenvalue weighted by Gasteiger charge is -2.36. The molecule has 2 aliphatic heterocycles. The van der Waals surface area contributed by atoms with E-state index in [-0.39, 0.29) is 18.4 Å². The van der Waals surface area contributed by atoms with Crippen LogP contribution in [-0.2, 0) is 17.3 Å². The lowest BCUT2D eigenvalue weighted by Crippen LogP contribution is -2.48. The Hall–Kier alpha value is -4.14. The number of amides is 2. The second-order valence-electron chi connectivity index (χ2n) is 9.94. The number of carbonyl (C=O) groups excluding carboxylic acids is 2. The minimum atomic E-state index is -1.59. The number of ether oxygens (including phenoxy) is 1. The third kappa shape index (κ3) is 5.33. The number of hydrogen-bond acceptors (Lipinski definition) is 5. The third-order valence-corrected chi connectivity index (χ3v) is 9.27. The predicted molar refractivity (Wildman–Crippen MR) is 161 cm³/mol. The number of piperazine rings is 1. The van der Waals surface area contributed by atoms with Crippen LogP contribution >= 0.6 is 11.6 Å². The third-order valence-electron chi connectivity index (χ3n) is 7.52. The van der Waals surface area contributed by atoms with Crippen LogP contribution in [0.15, 0.2) is 101 Å². The van der Waals surface area contributed by atoms with E-state index in [0.29, 0.717) is 57.8 Å². The molecule has 2 aliphatic rings. The van der Waals surface area contributed by atoms with Gasteiger partial charge in [-0.15, -0.1) is 0 Å². The van der Waals surface area contributed by atoms with Crippen molar-refractivity contribution in [1.82, 2.24) is 4.90 Å². The number of hydrogen-bond donors (Lipinski definition) is 0. The average Bonchev–Trinajstić information content (AvgIpc) is 3.11. The van der Waals surface area contributed by atoms with Crippen LogP contribution in [0.2, 0.25) is 5.02 Å². The summed E-state index contributed by atoms with van der Waals surface area (Å²) in [6.07, 6.45) is 0. The van der Waals surface area contributed by atoms with Gasteiger partial charge in [-0.2, -0.15) is 0 Å². The molecular formula is C32H28ClN3O4S. The van der Waals surface area contributed by atoms with Crippen molar-refractivity contribution in [3.63, 3.8) is 0 Å². The number of rotatable bonds is 5. The fourth-order valence-electron chi connectivity index (χ4n) is 5.27. The molecule has 1 fully saturated rings. The standard InChI is InChI=1S/C32H28ClN3O4S/c1-40-26-13-11-25(12-14-26)34-16-18-35(19-17-34)31(37)23-8-15-30-28(20-23)36(21-22-6-9-24(33)10-7-22)32(38)27-4-2-3-5-29(27)41(30)39/h2-15,20H,16-19,21H2,1H3. The maximum atomic E-state index is 13.9. The molecule has 9 heteroatoms. The van der Waals surface area contributed by atoms with Crippen LogP contribution in [0.5, 0.6) is 5.75 Å². The van der Waals surface area contributed by atoms with E-state index in [4.69, 9.17) is 16.3 Å². The summed E-state index contributed by atoms with van der Waals surface area (Å²) in [4.78, 5) is 34.2. The maximum absolute atomic E-state index is 13.9. The molecule has 4 aromatic carbocycles. The van der Waals surface area contributed by atoms with Gasteiger partial charge in [0.05, 0.1) is 45.5 Å². The summed E-state index contributed by atoms with van der Waals surface area (Å²) in [5.41, 5.74) is 3.27. The van der Waals surface area contributed by atoms with E-state index >= 15 is 0 Å². The molecule has 1 atom stereocenters. The second-order valence-corrected chi connectivity index (χ2v) is 11.8. The van der Waals surface area contributed by atoms with Crippen LogP contribution in [0.3, 0.4) is 0 Å². The maximum Gasteiger partial charge on any atom is 0.259 e. The van der Waals surface area contributed by atoms with Crippen molar-refractivity contribution in [2.24, 2.45) is 0 Å². The SMILES string of the molecule is COc1ccc(N2CCN(C(=O)c3ccc4c(c3)N(Cc3ccc(Cl)cc3)C(=O)c3ccccc3S4=O)CC2)cc1. The van der Waals surface area contributed by atoms with Gasteiger partial charge in [-0.25, -0.2) is 4.21 Å². The summed E-state index contributed by atoms with van der Waals surface area (Å²) in [5.74, 6) is 0.423. The van der Waals surface area contributed by atoms with Gasteiger partial charge in [0.25, 0.3) is 11.8 Å². The monoisotopic (exact) mass is 585 g/mol. The second kappa shape index (κ2) is 11.4. The van der Waals surface area contributed by atoms with E-state index in [1.807, 2.05) is 41.3 Å². The normalized spacial score (nSPS) is 16.6. The Morgan fingerprint density at radius 2 is 1.59 bits per heavy atom. The minimum Gasteiger partial charge on any atom is -0.497 e. The number of methoxy groups -OCH3 is 1. The smallest absolute Gasteiger partial charge is 0.259 e. The summed E-state index contributed by atoms with van der Waals surface area (Å²) in [7, 11) is 0.0547. The van der Waals surface area contributed by atoms with Crippen LogP contribution in [0, 0.1) is 0 Å². The molecule has 1 unspecified atom stereocenters. The van der Waals surface area contributed by atoms with Crippen molar-refractivity contribution in [1.29, 1.82) is 0 Å². The Bertz CT molecular complexity index is 1630. The zero-order valence-electron chi connectivity index (χ0n) is 22.5. The van der Waals surface area contributed by atoms with E-state index in [0.717, 1.165) is 17.0 Å². The molecule has 0 aromatic heterocycles. The first-order valence-electron chi connectivity index (χ1n) is 13.3. The lowest BCUT2D eigenvalue weighted by atomic mass is 10.1. The topological polar surface area (TPSA) is 70.2 Å². The fraction of sp³-hybridized carbons (Fsp3) is 0.188. The molecule has 0 N–H and O–H groups in total. The number of benzene rings is 4. The van der Waals surface area contributed by atoms with E-state index in [1.54, 1.807) is 66.6 Å². The van der Waals surface area contributed by atoms with Crippen LogP contribution in [0.1, 0.15) is 26.3 Å². The first kappa shape index (κ1) is 27.1. The highest BCUT2D eigenvalue weighted by atomic mass is 35.5. The first-order chi connectivity index (χ1) is 19.9. The summed E-state index contributed by atoms with van der Waals surface area (Å²) in [5, 5.41) is 0.600. The Morgan fingerprint density at radius 3 is 2.29 bits per heavy atom. The number of anilines is 2. The first-order valence-corrected chi connectivity index (χ1v) is 14.8. The zero-order chi connectivity index (χ0) is 28.5. The number of carbonyl (C=O) groups is 2. The molecule has 2 amide bonds. The molecule has 0 spiro atoms. The van der Waals surface area contributed by atoms with Gasteiger partial charge in [-0.05, 0) is 72.3 Å². The van der Waals surface area contributed by atoms with Gasteiger partial charge in [-0.1, -0.05) is 35.9 Å². The van der Waals surface area contributed by atoms with Crippen LogP contribution < -0.4 is 14.5 Å². The summed E-state index contributed by atoms with van der Waals surface area (Å²) >= 11 is 6.09. The van der Waals surface area contributed by atoms with Gasteiger partial charge in [0, 0.05) is 42.5 Å². The molecular weight excluding hydrogens is 558 g/mol. The van der Waals surface area contributed by atoms with Crippen molar-refractivity contribution in [2.45, 2.75) is 16.3 Å². The highest BCUT2D eigenvalue weighted by Crippen LogP contribution is 2.36. The van der Waals surface area contributed by atoms with Crippen LogP contribution in [0.25, 0.3) is 0 Å². The van der Waals surface area contributed by atoms with Gasteiger partial charge in [0.2, 0.25) is 0 Å². The van der Waals surface area contributed by atoms with Crippen molar-refractivity contribution in [3.05, 3.63) is 113 Å². The average molecular weight is 586 g/mol. The molecule has 0 bridgehead atoms. The molecule has 2 heterocycles. The summed E-state index contributed by atoms with van der Waals surface area (Å²) in [6.45, 7) is 2.76. The number of halogens is 1. The van der Waals surface area contributed by atoms with Gasteiger partial charge < -0.3 is 19.4 Å². The van der Waals surface area contributed by atoms with Gasteiger partial charge in [-0.3, -0.25) is 9.59 Å². The van der Waals surface area contributed by atoms with Gasteiger partial charge >= 0.3 is 0 Å². The lowest BCUT2D eigenvalue weighted by molar-refractivity contribution is 0.0746. The summed E-state index contributed by atoms with van der Waals surface area (Å²) < 4.78 is 19.0. The van der Waals surface area contributed by atoms with Gasteiger partial charge in [0.1, 0.15) is 5.75 Å². The predicted octanol–water partition coefficient (Wildman–Crippen LogP) is 5.64. The Morgan fingerprint density at radius 1 is 0.878 bits per heavy atom. The Balaban J connectivity index is 1.29. The molecule has 0 radical (unpaired) electrons. The molecule has 0 saturated carbocycles. The van der Waals surface area contributed by atoms with E-state index < -0.39 is 10.8 Å². The van der Waals surface area contributed by atoms with Crippen molar-refractivity contribution in [2.75, 3.05) is 43.1 Å². The highest BCUT2D eigenvalue weighted by Gasteiger charge is 2.32. The molecule has 7 nitrogen and oxygen atoms in total. The molecule has 208 valence electrons. The van der Waals surface area contributed by atoms with E-state index in [2.05, 4.69) is 4.90 Å². The van der Waals surface area contributed by atoms with Crippen molar-refractivity contribution >= 4 is 45.6 Å². The number of fused-ring (bicyclic) bond motifs is 2. The van der Waals surface area contributed by atoms with Crippen LogP contribution in [-0.4, -0.2) is 54.2 Å². The number of nitrogens with zero attached hydrogens (tertiary/aromatic N) is 3. The molecule has 6 rings (SSSR count). The molecule has 1 saturated heterocycles. The molecule has 0 aliphatic carbocycles.